The second-order valence-electron chi connectivity index (χ2n) is 4.95. The third kappa shape index (κ3) is 4.33. The van der Waals surface area contributed by atoms with Gasteiger partial charge in [-0.15, -0.1) is 10.2 Å². The lowest BCUT2D eigenvalue weighted by atomic mass is 10.2. The minimum absolute atomic E-state index is 0.114. The predicted octanol–water partition coefficient (Wildman–Crippen LogP) is 1.43. The summed E-state index contributed by atoms with van der Waals surface area (Å²) in [4.78, 5) is 14.4. The van der Waals surface area contributed by atoms with Gasteiger partial charge in [-0.3, -0.25) is 14.8 Å². The van der Waals surface area contributed by atoms with E-state index in [1.165, 1.54) is 11.3 Å². The van der Waals surface area contributed by atoms with Crippen LogP contribution in [-0.2, 0) is 11.2 Å². The van der Waals surface area contributed by atoms with Gasteiger partial charge in [0.1, 0.15) is 11.0 Å². The molecule has 1 unspecified atom stereocenters. The van der Waals surface area contributed by atoms with Gasteiger partial charge in [0, 0.05) is 25.4 Å². The molecule has 0 saturated heterocycles. The first-order valence-electron chi connectivity index (χ1n) is 6.87. The SMILES string of the molecule is CCC(C(=O)Nc1nnc(CCN(C)C)s1)n1cccn1. The van der Waals surface area contributed by atoms with Crippen molar-refractivity contribution in [1.82, 2.24) is 24.9 Å². The quantitative estimate of drug-likeness (QED) is 0.837. The van der Waals surface area contributed by atoms with Crippen LogP contribution < -0.4 is 5.32 Å². The zero-order valence-corrected chi connectivity index (χ0v) is 13.3. The Kier molecular flexibility index (Phi) is 5.40. The monoisotopic (exact) mass is 308 g/mol. The molecule has 2 aromatic heterocycles. The van der Waals surface area contributed by atoms with Crippen molar-refractivity contribution in [2.24, 2.45) is 0 Å². The summed E-state index contributed by atoms with van der Waals surface area (Å²) in [6.45, 7) is 2.86. The summed E-state index contributed by atoms with van der Waals surface area (Å²) < 4.78 is 1.66. The fourth-order valence-electron chi connectivity index (χ4n) is 1.87. The molecule has 0 aliphatic carbocycles. The van der Waals surface area contributed by atoms with Crippen molar-refractivity contribution in [3.05, 3.63) is 23.5 Å². The average Bonchev–Trinajstić information content (AvgIpc) is 3.09. The van der Waals surface area contributed by atoms with Gasteiger partial charge in [-0.2, -0.15) is 5.10 Å². The summed E-state index contributed by atoms with van der Waals surface area (Å²) >= 11 is 1.42. The van der Waals surface area contributed by atoms with Crippen molar-refractivity contribution in [3.8, 4) is 0 Å². The molecule has 0 fully saturated rings. The Morgan fingerprint density at radius 1 is 1.48 bits per heavy atom. The Morgan fingerprint density at radius 3 is 2.90 bits per heavy atom. The molecule has 1 amide bonds. The maximum Gasteiger partial charge on any atom is 0.251 e. The van der Waals surface area contributed by atoms with Crippen LogP contribution in [0.1, 0.15) is 24.4 Å². The lowest BCUT2D eigenvalue weighted by Gasteiger charge is -2.13. The minimum Gasteiger partial charge on any atom is -0.309 e. The van der Waals surface area contributed by atoms with Crippen LogP contribution >= 0.6 is 11.3 Å². The molecule has 0 aliphatic rings. The Labute approximate surface area is 128 Å². The standard InChI is InChI=1S/C13H20N6OS/c1-4-10(19-8-5-7-14-19)12(20)15-13-17-16-11(21-13)6-9-18(2)3/h5,7-8,10H,4,6,9H2,1-3H3,(H,15,17,20). The number of anilines is 1. The fraction of sp³-hybridized carbons (Fsp3) is 0.538. The molecule has 2 heterocycles. The Bertz CT molecular complexity index is 565. The van der Waals surface area contributed by atoms with Gasteiger partial charge in [-0.25, -0.2) is 0 Å². The molecule has 1 N–H and O–H groups in total. The molecule has 7 nitrogen and oxygen atoms in total. The zero-order valence-electron chi connectivity index (χ0n) is 12.5. The van der Waals surface area contributed by atoms with Crippen LogP contribution in [0.2, 0.25) is 0 Å². The molecule has 2 rings (SSSR count). The molecule has 2 aromatic rings. The van der Waals surface area contributed by atoms with Crippen LogP contribution in [0.4, 0.5) is 5.13 Å². The van der Waals surface area contributed by atoms with Gasteiger partial charge in [0.2, 0.25) is 5.13 Å². The van der Waals surface area contributed by atoms with E-state index in [1.807, 2.05) is 21.0 Å². The van der Waals surface area contributed by atoms with Gasteiger partial charge in [0.25, 0.3) is 5.91 Å². The van der Waals surface area contributed by atoms with Crippen LogP contribution in [0.5, 0.6) is 0 Å². The molecule has 0 bridgehead atoms. The summed E-state index contributed by atoms with van der Waals surface area (Å²) in [5, 5.41) is 16.5. The smallest absolute Gasteiger partial charge is 0.251 e. The zero-order chi connectivity index (χ0) is 15.2. The number of hydrogen-bond acceptors (Lipinski definition) is 6. The van der Waals surface area contributed by atoms with E-state index < -0.39 is 0 Å². The molecule has 8 heteroatoms. The highest BCUT2D eigenvalue weighted by Gasteiger charge is 2.20. The van der Waals surface area contributed by atoms with Gasteiger partial charge < -0.3 is 4.90 Å². The summed E-state index contributed by atoms with van der Waals surface area (Å²) in [6.07, 6.45) is 4.95. The fourth-order valence-corrected chi connectivity index (χ4v) is 2.60. The van der Waals surface area contributed by atoms with Crippen LogP contribution in [0.25, 0.3) is 0 Å². The van der Waals surface area contributed by atoms with E-state index in [0.29, 0.717) is 11.6 Å². The maximum absolute atomic E-state index is 12.3. The number of nitrogens with zero attached hydrogens (tertiary/aromatic N) is 5. The molecule has 0 aliphatic heterocycles. The van der Waals surface area contributed by atoms with E-state index in [0.717, 1.165) is 18.0 Å². The molecule has 0 saturated carbocycles. The highest BCUT2D eigenvalue weighted by atomic mass is 32.1. The van der Waals surface area contributed by atoms with Crippen LogP contribution in [-0.4, -0.2) is 51.4 Å². The van der Waals surface area contributed by atoms with Gasteiger partial charge >= 0.3 is 0 Å². The van der Waals surface area contributed by atoms with Crippen LogP contribution in [0, 0.1) is 0 Å². The van der Waals surface area contributed by atoms with Gasteiger partial charge in [0.15, 0.2) is 0 Å². The van der Waals surface area contributed by atoms with Crippen LogP contribution in [0.3, 0.4) is 0 Å². The van der Waals surface area contributed by atoms with Crippen molar-refractivity contribution >= 4 is 22.4 Å². The van der Waals surface area contributed by atoms with E-state index in [4.69, 9.17) is 0 Å². The summed E-state index contributed by atoms with van der Waals surface area (Å²) in [6, 6.07) is 1.48. The summed E-state index contributed by atoms with van der Waals surface area (Å²) in [5.41, 5.74) is 0. The van der Waals surface area contributed by atoms with Crippen molar-refractivity contribution in [3.63, 3.8) is 0 Å². The first-order valence-corrected chi connectivity index (χ1v) is 7.69. The molecule has 114 valence electrons. The van der Waals surface area contributed by atoms with E-state index in [9.17, 15) is 4.79 Å². The molecule has 0 spiro atoms. The minimum atomic E-state index is -0.325. The summed E-state index contributed by atoms with van der Waals surface area (Å²) in [7, 11) is 4.03. The van der Waals surface area contributed by atoms with Gasteiger partial charge in [-0.1, -0.05) is 18.3 Å². The lowest BCUT2D eigenvalue weighted by molar-refractivity contribution is -0.119. The Morgan fingerprint density at radius 2 is 2.29 bits per heavy atom. The third-order valence-corrected chi connectivity index (χ3v) is 3.90. The molecule has 1 atom stereocenters. The lowest BCUT2D eigenvalue weighted by Crippen LogP contribution is -2.25. The highest BCUT2D eigenvalue weighted by molar-refractivity contribution is 7.15. The second-order valence-corrected chi connectivity index (χ2v) is 6.02. The second kappa shape index (κ2) is 7.28. The highest BCUT2D eigenvalue weighted by Crippen LogP contribution is 2.18. The number of rotatable bonds is 7. The van der Waals surface area contributed by atoms with E-state index in [1.54, 1.807) is 23.1 Å². The normalized spacial score (nSPS) is 12.6. The average molecular weight is 308 g/mol. The largest absolute Gasteiger partial charge is 0.309 e. The predicted molar refractivity (Wildman–Crippen MR) is 82.4 cm³/mol. The van der Waals surface area contributed by atoms with Crippen molar-refractivity contribution < 1.29 is 4.79 Å². The van der Waals surface area contributed by atoms with Gasteiger partial charge in [0.05, 0.1) is 0 Å². The number of aromatic nitrogens is 4. The van der Waals surface area contributed by atoms with Crippen LogP contribution in [0.15, 0.2) is 18.5 Å². The van der Waals surface area contributed by atoms with Crippen molar-refractivity contribution in [1.29, 1.82) is 0 Å². The molecule has 0 aromatic carbocycles. The van der Waals surface area contributed by atoms with Gasteiger partial charge in [-0.05, 0) is 26.6 Å². The number of hydrogen-bond donors (Lipinski definition) is 1. The number of amides is 1. The number of nitrogens with one attached hydrogen (secondary N) is 1. The van der Waals surface area contributed by atoms with E-state index in [2.05, 4.69) is 25.5 Å². The molecule has 21 heavy (non-hydrogen) atoms. The topological polar surface area (TPSA) is 75.9 Å². The molecular weight excluding hydrogens is 288 g/mol. The van der Waals surface area contributed by atoms with Crippen molar-refractivity contribution in [2.45, 2.75) is 25.8 Å². The summed E-state index contributed by atoms with van der Waals surface area (Å²) in [5.74, 6) is -0.114. The number of carbonyl (C=O) groups excluding carboxylic acids is 1. The van der Waals surface area contributed by atoms with E-state index >= 15 is 0 Å². The third-order valence-electron chi connectivity index (χ3n) is 3.00. The maximum atomic E-state index is 12.3. The Balaban J connectivity index is 1.96. The first-order chi connectivity index (χ1) is 10.1. The molecular formula is C13H20N6OS. The number of likely N-dealkylation sites (N-methyl/N-ethyl adjacent to an activating group) is 1. The van der Waals surface area contributed by atoms with Crippen molar-refractivity contribution in [2.75, 3.05) is 26.0 Å². The van der Waals surface area contributed by atoms with E-state index in [-0.39, 0.29) is 11.9 Å². The number of carbonyl (C=O) groups is 1. The molecule has 0 radical (unpaired) electrons. The first kappa shape index (κ1) is 15.6. The Hall–Kier alpha value is -1.80.